The molecule has 26 heavy (non-hydrogen) atoms. The van der Waals surface area contributed by atoms with Gasteiger partial charge in [-0.05, 0) is 36.6 Å². The summed E-state index contributed by atoms with van der Waals surface area (Å²) in [6.07, 6.45) is 0.549. The first kappa shape index (κ1) is 15.7. The smallest absolute Gasteiger partial charge is 0.178 e. The second-order valence-corrected chi connectivity index (χ2v) is 7.15. The zero-order valence-corrected chi connectivity index (χ0v) is 14.8. The van der Waals surface area contributed by atoms with Gasteiger partial charge in [0.1, 0.15) is 5.82 Å². The molecule has 0 bridgehead atoms. The third-order valence-corrected chi connectivity index (χ3v) is 5.68. The highest BCUT2D eigenvalue weighted by Gasteiger charge is 2.36. The summed E-state index contributed by atoms with van der Waals surface area (Å²) in [5, 5.41) is 23.6. The largest absolute Gasteiger partial charge is 0.387 e. The lowest BCUT2D eigenvalue weighted by Crippen LogP contribution is -2.51. The molecule has 3 aromatic rings. The zero-order valence-electron chi connectivity index (χ0n) is 14.8. The van der Waals surface area contributed by atoms with E-state index in [1.165, 1.54) is 5.56 Å². The number of aliphatic hydroxyl groups is 1. The van der Waals surface area contributed by atoms with Crippen LogP contribution in [-0.4, -0.2) is 62.0 Å². The van der Waals surface area contributed by atoms with Crippen molar-refractivity contribution in [3.63, 3.8) is 0 Å². The number of fused-ring (bicyclic) bond motifs is 2. The maximum absolute atomic E-state index is 10.7. The summed E-state index contributed by atoms with van der Waals surface area (Å²) in [7, 11) is 0. The second-order valence-electron chi connectivity index (χ2n) is 7.15. The van der Waals surface area contributed by atoms with E-state index in [1.807, 2.05) is 25.1 Å². The maximum Gasteiger partial charge on any atom is 0.178 e. The molecule has 2 aromatic heterocycles. The molecule has 2 atom stereocenters. The fourth-order valence-corrected chi connectivity index (χ4v) is 4.22. The summed E-state index contributed by atoms with van der Waals surface area (Å²) >= 11 is 0. The topological polar surface area (TPSA) is 69.8 Å². The van der Waals surface area contributed by atoms with E-state index in [4.69, 9.17) is 0 Å². The normalized spacial score (nSPS) is 23.5. The van der Waals surface area contributed by atoms with Crippen LogP contribution in [-0.2, 0) is 6.42 Å². The third-order valence-electron chi connectivity index (χ3n) is 5.68. The summed E-state index contributed by atoms with van der Waals surface area (Å²) < 4.78 is 1.79. The lowest BCUT2D eigenvalue weighted by molar-refractivity contribution is 0.0571. The van der Waals surface area contributed by atoms with Crippen LogP contribution in [0.4, 0.5) is 5.82 Å². The van der Waals surface area contributed by atoms with Gasteiger partial charge in [-0.2, -0.15) is 4.52 Å². The van der Waals surface area contributed by atoms with Crippen LogP contribution < -0.4 is 4.90 Å². The number of aromatic nitrogens is 4. The van der Waals surface area contributed by atoms with Gasteiger partial charge in [0, 0.05) is 32.2 Å². The highest BCUT2D eigenvalue weighted by Crippen LogP contribution is 2.34. The van der Waals surface area contributed by atoms with Gasteiger partial charge in [0.25, 0.3) is 0 Å². The van der Waals surface area contributed by atoms with E-state index >= 15 is 0 Å². The van der Waals surface area contributed by atoms with Gasteiger partial charge >= 0.3 is 0 Å². The van der Waals surface area contributed by atoms with Crippen molar-refractivity contribution in [2.24, 2.45) is 0 Å². The van der Waals surface area contributed by atoms with Gasteiger partial charge in [-0.25, -0.2) is 0 Å². The van der Waals surface area contributed by atoms with Crippen LogP contribution in [0.1, 0.15) is 23.1 Å². The first-order valence-electron chi connectivity index (χ1n) is 9.14. The van der Waals surface area contributed by atoms with E-state index in [1.54, 1.807) is 4.52 Å². The van der Waals surface area contributed by atoms with E-state index in [9.17, 15) is 5.11 Å². The van der Waals surface area contributed by atoms with Crippen LogP contribution in [0.5, 0.6) is 0 Å². The average Bonchev–Trinajstić information content (AvgIpc) is 3.22. The number of hydrogen-bond donors (Lipinski definition) is 1. The highest BCUT2D eigenvalue weighted by atomic mass is 16.3. The Kier molecular flexibility index (Phi) is 3.65. The summed E-state index contributed by atoms with van der Waals surface area (Å²) in [6.45, 7) is 5.57. The quantitative estimate of drug-likeness (QED) is 0.749. The van der Waals surface area contributed by atoms with Crippen molar-refractivity contribution in [1.82, 2.24) is 24.7 Å². The van der Waals surface area contributed by atoms with Crippen molar-refractivity contribution < 1.29 is 5.11 Å². The molecule has 0 saturated carbocycles. The Balaban J connectivity index is 1.30. The molecule has 0 amide bonds. The van der Waals surface area contributed by atoms with Crippen molar-refractivity contribution in [2.75, 3.05) is 31.1 Å². The lowest BCUT2D eigenvalue weighted by Gasteiger charge is -2.39. The second kappa shape index (κ2) is 6.03. The maximum atomic E-state index is 10.7. The fraction of sp³-hybridized carbons (Fsp3) is 0.421. The fourth-order valence-electron chi connectivity index (χ4n) is 4.22. The molecule has 7 nitrogen and oxygen atoms in total. The molecule has 7 heteroatoms. The van der Waals surface area contributed by atoms with Crippen LogP contribution in [0.3, 0.4) is 0 Å². The van der Waals surface area contributed by atoms with Crippen LogP contribution in [0.15, 0.2) is 36.4 Å². The Hall–Kier alpha value is -2.51. The molecule has 2 aliphatic rings. The Morgan fingerprint density at radius 1 is 1.00 bits per heavy atom. The number of benzene rings is 1. The first-order chi connectivity index (χ1) is 12.7. The average molecular weight is 350 g/mol. The van der Waals surface area contributed by atoms with E-state index in [2.05, 4.69) is 43.3 Å². The zero-order chi connectivity index (χ0) is 17.7. The molecular weight excluding hydrogens is 328 g/mol. The van der Waals surface area contributed by atoms with Gasteiger partial charge in [-0.1, -0.05) is 24.3 Å². The Bertz CT molecular complexity index is 946. The van der Waals surface area contributed by atoms with Crippen molar-refractivity contribution in [2.45, 2.75) is 25.5 Å². The minimum atomic E-state index is -0.383. The van der Waals surface area contributed by atoms with E-state index in [0.29, 0.717) is 0 Å². The predicted molar refractivity (Wildman–Crippen MR) is 98.2 cm³/mol. The lowest BCUT2D eigenvalue weighted by atomic mass is 10.1. The van der Waals surface area contributed by atoms with Crippen molar-refractivity contribution in [1.29, 1.82) is 0 Å². The monoisotopic (exact) mass is 350 g/mol. The molecule has 0 radical (unpaired) electrons. The first-order valence-corrected chi connectivity index (χ1v) is 9.14. The van der Waals surface area contributed by atoms with Gasteiger partial charge in [0.2, 0.25) is 0 Å². The number of anilines is 1. The van der Waals surface area contributed by atoms with Crippen LogP contribution in [0, 0.1) is 6.92 Å². The minimum absolute atomic E-state index is 0.185. The van der Waals surface area contributed by atoms with Gasteiger partial charge in [0.15, 0.2) is 11.5 Å². The summed E-state index contributed by atoms with van der Waals surface area (Å²) in [6, 6.07) is 12.4. The van der Waals surface area contributed by atoms with E-state index in [0.717, 1.165) is 55.5 Å². The number of rotatable bonds is 2. The van der Waals surface area contributed by atoms with Crippen molar-refractivity contribution >= 4 is 11.5 Å². The number of hydrogen-bond acceptors (Lipinski definition) is 6. The Labute approximate surface area is 151 Å². The van der Waals surface area contributed by atoms with Gasteiger partial charge in [0.05, 0.1) is 6.10 Å². The molecule has 5 rings (SSSR count). The molecule has 134 valence electrons. The Morgan fingerprint density at radius 2 is 1.81 bits per heavy atom. The molecule has 1 aromatic carbocycles. The SMILES string of the molecule is Cc1nnc2ccc(N3CCN([C@H]4Cc5ccccc5[C@H]4O)CC3)nn12. The predicted octanol–water partition coefficient (Wildman–Crippen LogP) is 1.21. The molecule has 0 spiro atoms. The number of nitrogens with zero attached hydrogens (tertiary/aromatic N) is 6. The summed E-state index contributed by atoms with van der Waals surface area (Å²) in [5.74, 6) is 1.75. The number of aliphatic hydroxyl groups excluding tert-OH is 1. The standard InChI is InChI=1S/C19H22N6O/c1-13-20-21-17-6-7-18(22-25(13)17)24-10-8-23(9-11-24)16-12-14-4-2-3-5-15(14)19(16)26/h2-7,16,19,26H,8-12H2,1H3/t16-,19+/m0/s1. The van der Waals surface area contributed by atoms with Crippen molar-refractivity contribution in [3.05, 3.63) is 53.3 Å². The van der Waals surface area contributed by atoms with E-state index < -0.39 is 0 Å². The molecule has 1 N–H and O–H groups in total. The third kappa shape index (κ3) is 2.47. The molecule has 1 aliphatic heterocycles. The molecule has 1 aliphatic carbocycles. The van der Waals surface area contributed by atoms with Crippen LogP contribution in [0.25, 0.3) is 5.65 Å². The van der Waals surface area contributed by atoms with Crippen LogP contribution in [0.2, 0.25) is 0 Å². The summed E-state index contributed by atoms with van der Waals surface area (Å²) in [5.41, 5.74) is 3.15. The highest BCUT2D eigenvalue weighted by molar-refractivity contribution is 5.46. The van der Waals surface area contributed by atoms with Gasteiger partial charge < -0.3 is 10.0 Å². The van der Waals surface area contributed by atoms with Crippen molar-refractivity contribution in [3.8, 4) is 0 Å². The van der Waals surface area contributed by atoms with Gasteiger partial charge in [-0.3, -0.25) is 4.90 Å². The van der Waals surface area contributed by atoms with Gasteiger partial charge in [-0.15, -0.1) is 15.3 Å². The number of piperazine rings is 1. The number of aryl methyl sites for hydroxylation is 1. The Morgan fingerprint density at radius 3 is 2.62 bits per heavy atom. The molecule has 0 unspecified atom stereocenters. The molecular formula is C19H22N6O. The molecule has 1 fully saturated rings. The minimum Gasteiger partial charge on any atom is -0.387 e. The van der Waals surface area contributed by atoms with Crippen LogP contribution >= 0.6 is 0 Å². The van der Waals surface area contributed by atoms with E-state index in [-0.39, 0.29) is 12.1 Å². The molecule has 3 heterocycles. The summed E-state index contributed by atoms with van der Waals surface area (Å²) in [4.78, 5) is 4.72. The molecule has 1 saturated heterocycles.